The van der Waals surface area contributed by atoms with Crippen LogP contribution in [-0.2, 0) is 4.79 Å². The Hall–Kier alpha value is 0.0700. The van der Waals surface area contributed by atoms with Crippen molar-refractivity contribution in [2.24, 2.45) is 5.73 Å². The predicted molar refractivity (Wildman–Crippen MR) is 70.8 cm³/mol. The van der Waals surface area contributed by atoms with Gasteiger partial charge in [-0.15, -0.1) is 24.2 Å². The Kier molecular flexibility index (Phi) is 10.8. The van der Waals surface area contributed by atoms with Gasteiger partial charge in [0.15, 0.2) is 0 Å². The molecule has 3 nitrogen and oxygen atoms in total. The van der Waals surface area contributed by atoms with Crippen molar-refractivity contribution in [1.82, 2.24) is 5.32 Å². The molecule has 0 aromatic heterocycles. The topological polar surface area (TPSA) is 55.1 Å². The lowest BCUT2D eigenvalue weighted by atomic mass is 10.3. The van der Waals surface area contributed by atoms with E-state index in [1.165, 1.54) is 0 Å². The Morgan fingerprint density at radius 2 is 1.93 bits per heavy atom. The molecule has 0 saturated carbocycles. The van der Waals surface area contributed by atoms with Gasteiger partial charge in [0.25, 0.3) is 0 Å². The molecule has 0 aliphatic carbocycles. The molecule has 0 bridgehead atoms. The van der Waals surface area contributed by atoms with Crippen LogP contribution in [-0.4, -0.2) is 29.5 Å². The van der Waals surface area contributed by atoms with Crippen LogP contribution >= 0.6 is 24.2 Å². The molecular formula is C10H23ClN2OS. The average molecular weight is 255 g/mol. The minimum atomic E-state index is 0. The number of carbonyl (C=O) groups is 1. The molecule has 5 heteroatoms. The minimum Gasteiger partial charge on any atom is -0.355 e. The van der Waals surface area contributed by atoms with Crippen molar-refractivity contribution < 1.29 is 4.79 Å². The van der Waals surface area contributed by atoms with E-state index in [9.17, 15) is 4.79 Å². The fourth-order valence-corrected chi connectivity index (χ4v) is 1.50. The van der Waals surface area contributed by atoms with E-state index in [2.05, 4.69) is 26.1 Å². The van der Waals surface area contributed by atoms with Crippen molar-refractivity contribution in [3.05, 3.63) is 0 Å². The third-order valence-corrected chi connectivity index (χ3v) is 2.86. The minimum absolute atomic E-state index is 0. The standard InChI is InChI=1S/C10H22N2OS.ClH/c1-10(2,3)14-8-9(13)12-7-5-4-6-11;/h4-8,11H2,1-3H3,(H,12,13);1H. The number of amides is 1. The van der Waals surface area contributed by atoms with Crippen LogP contribution in [0.25, 0.3) is 0 Å². The SMILES string of the molecule is CC(C)(C)SCC(=O)NCCCCN.Cl. The van der Waals surface area contributed by atoms with Gasteiger partial charge in [-0.3, -0.25) is 4.79 Å². The number of hydrogen-bond acceptors (Lipinski definition) is 3. The van der Waals surface area contributed by atoms with Crippen molar-refractivity contribution in [2.45, 2.75) is 38.4 Å². The van der Waals surface area contributed by atoms with Crippen LogP contribution in [0.15, 0.2) is 0 Å². The Morgan fingerprint density at radius 3 is 2.40 bits per heavy atom. The zero-order chi connectivity index (χ0) is 11.0. The average Bonchev–Trinajstić information content (AvgIpc) is 2.08. The Morgan fingerprint density at radius 1 is 1.33 bits per heavy atom. The van der Waals surface area contributed by atoms with Gasteiger partial charge in [-0.25, -0.2) is 0 Å². The van der Waals surface area contributed by atoms with E-state index in [0.717, 1.165) is 19.4 Å². The van der Waals surface area contributed by atoms with Crippen molar-refractivity contribution in [1.29, 1.82) is 0 Å². The van der Waals surface area contributed by atoms with Crippen LogP contribution < -0.4 is 11.1 Å². The molecular weight excluding hydrogens is 232 g/mol. The third-order valence-electron chi connectivity index (χ3n) is 1.59. The summed E-state index contributed by atoms with van der Waals surface area (Å²) in [4.78, 5) is 11.3. The van der Waals surface area contributed by atoms with Gasteiger partial charge in [0.2, 0.25) is 5.91 Å². The molecule has 15 heavy (non-hydrogen) atoms. The first-order valence-corrected chi connectivity index (χ1v) is 6.05. The normalized spacial score (nSPS) is 10.7. The summed E-state index contributed by atoms with van der Waals surface area (Å²) < 4.78 is 0.161. The lowest BCUT2D eigenvalue weighted by Crippen LogP contribution is -2.28. The predicted octanol–water partition coefficient (Wildman–Crippen LogP) is 1.79. The molecule has 0 radical (unpaired) electrons. The number of carbonyl (C=O) groups excluding carboxylic acids is 1. The summed E-state index contributed by atoms with van der Waals surface area (Å²) in [5, 5.41) is 2.87. The molecule has 0 aliphatic heterocycles. The summed E-state index contributed by atoms with van der Waals surface area (Å²) in [6.45, 7) is 7.78. The Balaban J connectivity index is 0. The summed E-state index contributed by atoms with van der Waals surface area (Å²) in [5.41, 5.74) is 5.34. The number of nitrogens with one attached hydrogen (secondary N) is 1. The molecule has 0 saturated heterocycles. The molecule has 0 aliphatic rings. The second kappa shape index (κ2) is 9.31. The van der Waals surface area contributed by atoms with E-state index in [4.69, 9.17) is 5.73 Å². The molecule has 0 aromatic rings. The van der Waals surface area contributed by atoms with E-state index < -0.39 is 0 Å². The van der Waals surface area contributed by atoms with Crippen molar-refractivity contribution in [3.63, 3.8) is 0 Å². The van der Waals surface area contributed by atoms with Gasteiger partial charge >= 0.3 is 0 Å². The second-order valence-electron chi connectivity index (χ2n) is 4.25. The van der Waals surface area contributed by atoms with Crippen LogP contribution in [0, 0.1) is 0 Å². The highest BCUT2D eigenvalue weighted by atomic mass is 35.5. The molecule has 0 fully saturated rings. The Labute approximate surface area is 103 Å². The van der Waals surface area contributed by atoms with Crippen LogP contribution in [0.5, 0.6) is 0 Å². The van der Waals surface area contributed by atoms with Gasteiger partial charge in [-0.05, 0) is 19.4 Å². The van der Waals surface area contributed by atoms with Gasteiger partial charge in [0.05, 0.1) is 5.75 Å². The first-order valence-electron chi connectivity index (χ1n) is 5.06. The van der Waals surface area contributed by atoms with E-state index >= 15 is 0 Å². The van der Waals surface area contributed by atoms with Crippen molar-refractivity contribution in [3.8, 4) is 0 Å². The number of hydrogen-bond donors (Lipinski definition) is 2. The van der Waals surface area contributed by atoms with Crippen molar-refractivity contribution >= 4 is 30.1 Å². The Bertz CT molecular complexity index is 171. The highest BCUT2D eigenvalue weighted by Gasteiger charge is 2.12. The zero-order valence-electron chi connectivity index (χ0n) is 9.84. The summed E-state index contributed by atoms with van der Waals surface area (Å²) in [6.07, 6.45) is 1.95. The first kappa shape index (κ1) is 17.5. The summed E-state index contributed by atoms with van der Waals surface area (Å²) in [7, 11) is 0. The van der Waals surface area contributed by atoms with Gasteiger partial charge in [0.1, 0.15) is 0 Å². The molecule has 92 valence electrons. The molecule has 0 spiro atoms. The second-order valence-corrected chi connectivity index (χ2v) is 6.05. The third kappa shape index (κ3) is 14.1. The lowest BCUT2D eigenvalue weighted by Gasteiger charge is -2.16. The highest BCUT2D eigenvalue weighted by Crippen LogP contribution is 2.22. The van der Waals surface area contributed by atoms with Crippen molar-refractivity contribution in [2.75, 3.05) is 18.8 Å². The van der Waals surface area contributed by atoms with Crippen LogP contribution in [0.3, 0.4) is 0 Å². The van der Waals surface area contributed by atoms with Gasteiger partial charge in [0, 0.05) is 11.3 Å². The maximum absolute atomic E-state index is 11.3. The number of rotatable bonds is 6. The van der Waals surface area contributed by atoms with E-state index in [1.807, 2.05) is 0 Å². The molecule has 0 heterocycles. The van der Waals surface area contributed by atoms with Crippen LogP contribution in [0.4, 0.5) is 0 Å². The maximum Gasteiger partial charge on any atom is 0.230 e. The first-order chi connectivity index (χ1) is 6.45. The zero-order valence-corrected chi connectivity index (χ0v) is 11.5. The highest BCUT2D eigenvalue weighted by molar-refractivity contribution is 8.01. The number of nitrogens with two attached hydrogens (primary N) is 1. The fraction of sp³-hybridized carbons (Fsp3) is 0.900. The largest absolute Gasteiger partial charge is 0.355 e. The van der Waals surface area contributed by atoms with E-state index in [0.29, 0.717) is 12.3 Å². The smallest absolute Gasteiger partial charge is 0.230 e. The number of halogens is 1. The fourth-order valence-electron chi connectivity index (χ4n) is 0.830. The van der Waals surface area contributed by atoms with E-state index in [-0.39, 0.29) is 23.1 Å². The molecule has 0 atom stereocenters. The number of unbranched alkanes of at least 4 members (excludes halogenated alkanes) is 1. The van der Waals surface area contributed by atoms with Crippen LogP contribution in [0.1, 0.15) is 33.6 Å². The quantitative estimate of drug-likeness (QED) is 0.711. The monoisotopic (exact) mass is 254 g/mol. The molecule has 0 unspecified atom stereocenters. The molecule has 3 N–H and O–H groups in total. The van der Waals surface area contributed by atoms with Crippen LogP contribution in [0.2, 0.25) is 0 Å². The van der Waals surface area contributed by atoms with Gasteiger partial charge in [-0.1, -0.05) is 20.8 Å². The van der Waals surface area contributed by atoms with Gasteiger partial charge < -0.3 is 11.1 Å². The maximum atomic E-state index is 11.3. The van der Waals surface area contributed by atoms with Gasteiger partial charge in [-0.2, -0.15) is 0 Å². The summed E-state index contributed by atoms with van der Waals surface area (Å²) in [5.74, 6) is 0.675. The number of thioether (sulfide) groups is 1. The molecule has 1 amide bonds. The summed E-state index contributed by atoms with van der Waals surface area (Å²) >= 11 is 1.67. The molecule has 0 rings (SSSR count). The lowest BCUT2D eigenvalue weighted by molar-refractivity contribution is -0.118. The summed E-state index contributed by atoms with van der Waals surface area (Å²) in [6, 6.07) is 0. The molecule has 0 aromatic carbocycles. The van der Waals surface area contributed by atoms with E-state index in [1.54, 1.807) is 11.8 Å².